The van der Waals surface area contributed by atoms with Gasteiger partial charge in [-0.15, -0.1) is 0 Å². The molecule has 5 nitrogen and oxygen atoms in total. The van der Waals surface area contributed by atoms with Crippen LogP contribution in [0.2, 0.25) is 0 Å². The van der Waals surface area contributed by atoms with Crippen LogP contribution in [0.3, 0.4) is 0 Å². The lowest BCUT2D eigenvalue weighted by Crippen LogP contribution is -2.42. The molecule has 3 aromatic rings. The molecule has 0 radical (unpaired) electrons. The van der Waals surface area contributed by atoms with Gasteiger partial charge in [0.1, 0.15) is 11.7 Å². The quantitative estimate of drug-likeness (QED) is 0.530. The minimum atomic E-state index is -5.07. The van der Waals surface area contributed by atoms with Gasteiger partial charge in [0.2, 0.25) is 10.0 Å². The molecule has 0 amide bonds. The van der Waals surface area contributed by atoms with Gasteiger partial charge in [0.15, 0.2) is 0 Å². The maximum Gasteiger partial charge on any atom is 0.416 e. The minimum Gasteiger partial charge on any atom is -0.307 e. The Morgan fingerprint density at radius 2 is 1.67 bits per heavy atom. The zero-order chi connectivity index (χ0) is 22.3. The summed E-state index contributed by atoms with van der Waals surface area (Å²) in [6, 6.07) is 1.85. The van der Waals surface area contributed by atoms with E-state index in [1.165, 1.54) is 29.9 Å². The smallest absolute Gasteiger partial charge is 0.307 e. The summed E-state index contributed by atoms with van der Waals surface area (Å²) in [5.74, 6) is 0. The van der Waals surface area contributed by atoms with E-state index in [0.29, 0.717) is 24.3 Å². The highest BCUT2D eigenvalue weighted by atomic mass is 32.2. The summed E-state index contributed by atoms with van der Waals surface area (Å²) in [4.78, 5) is 3.50. The third-order valence-electron chi connectivity index (χ3n) is 4.44. The van der Waals surface area contributed by atoms with Crippen LogP contribution in [0.1, 0.15) is 24.1 Å². The predicted molar refractivity (Wildman–Crippen MR) is 95.0 cm³/mol. The highest BCUT2D eigenvalue weighted by Crippen LogP contribution is 2.41. The molecule has 0 N–H and O–H groups in total. The Bertz CT molecular complexity index is 1140. The van der Waals surface area contributed by atoms with Gasteiger partial charge in [-0.3, -0.25) is 0 Å². The zero-order valence-electron chi connectivity index (χ0n) is 15.3. The van der Waals surface area contributed by atoms with E-state index < -0.39 is 51.0 Å². The average Bonchev–Trinajstić information content (AvgIpc) is 3.12. The van der Waals surface area contributed by atoms with Crippen molar-refractivity contribution in [2.45, 2.75) is 30.2 Å². The van der Waals surface area contributed by atoms with Crippen LogP contribution < -0.4 is 0 Å². The van der Waals surface area contributed by atoms with Crippen LogP contribution in [0.4, 0.5) is 26.3 Å². The Balaban J connectivity index is 2.09. The van der Waals surface area contributed by atoms with E-state index in [1.807, 2.05) is 0 Å². The lowest BCUT2D eigenvalue weighted by molar-refractivity contribution is -0.173. The summed E-state index contributed by atoms with van der Waals surface area (Å²) in [7, 11) is -4.65. The van der Waals surface area contributed by atoms with Crippen molar-refractivity contribution in [2.75, 3.05) is 6.54 Å². The number of hydrogen-bond donors (Lipinski definition) is 0. The second-order valence-corrected chi connectivity index (χ2v) is 8.22. The van der Waals surface area contributed by atoms with Gasteiger partial charge in [0.05, 0.1) is 10.5 Å². The fraction of sp³-hybridized carbons (Fsp3) is 0.278. The van der Waals surface area contributed by atoms with E-state index in [2.05, 4.69) is 4.98 Å². The second kappa shape index (κ2) is 7.58. The molecule has 2 aromatic heterocycles. The molecule has 0 aliphatic rings. The van der Waals surface area contributed by atoms with Crippen molar-refractivity contribution >= 4 is 15.7 Å². The van der Waals surface area contributed by atoms with E-state index in [0.717, 1.165) is 12.1 Å². The SMILES string of the molecule is CCN(C(c1ccc(C(F)(F)F)cc1)C(F)(F)F)S(=O)(=O)c1ccn2ccnc2c1. The van der Waals surface area contributed by atoms with E-state index in [9.17, 15) is 34.8 Å². The van der Waals surface area contributed by atoms with E-state index in [-0.39, 0.29) is 9.95 Å². The van der Waals surface area contributed by atoms with Gasteiger partial charge in [-0.2, -0.15) is 30.6 Å². The topological polar surface area (TPSA) is 54.7 Å². The van der Waals surface area contributed by atoms with E-state index in [4.69, 9.17) is 0 Å². The Morgan fingerprint density at radius 1 is 1.03 bits per heavy atom. The molecular weight excluding hydrogens is 436 g/mol. The molecule has 0 aliphatic heterocycles. The van der Waals surface area contributed by atoms with Crippen molar-refractivity contribution < 1.29 is 34.8 Å². The van der Waals surface area contributed by atoms with Crippen molar-refractivity contribution in [2.24, 2.45) is 0 Å². The summed E-state index contributed by atoms with van der Waals surface area (Å²) >= 11 is 0. The van der Waals surface area contributed by atoms with Crippen molar-refractivity contribution in [1.82, 2.24) is 13.7 Å². The highest BCUT2D eigenvalue weighted by Gasteiger charge is 2.49. The number of imidazole rings is 1. The van der Waals surface area contributed by atoms with Crippen molar-refractivity contribution in [3.05, 3.63) is 66.1 Å². The molecule has 2 heterocycles. The molecule has 3 rings (SSSR count). The maximum atomic E-state index is 13.9. The number of rotatable bonds is 5. The van der Waals surface area contributed by atoms with Crippen LogP contribution in [0, 0.1) is 0 Å². The van der Waals surface area contributed by atoms with Crippen LogP contribution in [-0.4, -0.2) is 34.8 Å². The predicted octanol–water partition coefficient (Wildman–Crippen LogP) is 4.67. The summed E-state index contributed by atoms with van der Waals surface area (Å²) in [6.45, 7) is 0.654. The third kappa shape index (κ3) is 4.15. The number of alkyl halides is 6. The Hall–Kier alpha value is -2.60. The van der Waals surface area contributed by atoms with Crippen LogP contribution in [0.25, 0.3) is 5.65 Å². The zero-order valence-corrected chi connectivity index (χ0v) is 16.1. The van der Waals surface area contributed by atoms with E-state index >= 15 is 0 Å². The Morgan fingerprint density at radius 3 is 2.20 bits per heavy atom. The van der Waals surface area contributed by atoms with Crippen LogP contribution in [-0.2, 0) is 16.2 Å². The summed E-state index contributed by atoms with van der Waals surface area (Å²) in [6.07, 6.45) is -5.54. The number of hydrogen-bond acceptors (Lipinski definition) is 3. The largest absolute Gasteiger partial charge is 0.416 e. The number of nitrogens with zero attached hydrogens (tertiary/aromatic N) is 3. The molecule has 1 atom stereocenters. The Labute approximate surface area is 167 Å². The summed E-state index contributed by atoms with van der Waals surface area (Å²) in [5, 5.41) is 0. The molecule has 30 heavy (non-hydrogen) atoms. The first-order chi connectivity index (χ1) is 13.9. The molecule has 1 unspecified atom stereocenters. The average molecular weight is 451 g/mol. The molecule has 0 saturated carbocycles. The normalized spacial score (nSPS) is 14.4. The molecule has 1 aromatic carbocycles. The molecule has 0 aliphatic carbocycles. The van der Waals surface area contributed by atoms with Crippen molar-refractivity contribution in [3.63, 3.8) is 0 Å². The summed E-state index contributed by atoms with van der Waals surface area (Å²) < 4.78 is 108. The summed E-state index contributed by atoms with van der Waals surface area (Å²) in [5.41, 5.74) is -1.55. The molecule has 0 saturated heterocycles. The van der Waals surface area contributed by atoms with Gasteiger partial charge < -0.3 is 4.40 Å². The molecule has 162 valence electrons. The van der Waals surface area contributed by atoms with E-state index in [1.54, 1.807) is 0 Å². The first-order valence-corrected chi connectivity index (χ1v) is 9.98. The van der Waals surface area contributed by atoms with Gasteiger partial charge in [-0.25, -0.2) is 13.4 Å². The standard InChI is InChI=1S/C18H15F6N3O2S/c1-2-27(30(28,29)14-7-9-26-10-8-25-15(26)11-14)16(18(22,23)24)12-3-5-13(6-4-12)17(19,20)21/h3-11,16H,2H2,1H3. The maximum absolute atomic E-state index is 13.9. The molecule has 0 spiro atoms. The fourth-order valence-electron chi connectivity index (χ4n) is 3.05. The van der Waals surface area contributed by atoms with Gasteiger partial charge >= 0.3 is 12.4 Å². The minimum absolute atomic E-state index is 0.213. The van der Waals surface area contributed by atoms with Gasteiger partial charge in [0.25, 0.3) is 0 Å². The number of pyridine rings is 1. The Kier molecular flexibility index (Phi) is 5.58. The molecular formula is C18H15F6N3O2S. The lowest BCUT2D eigenvalue weighted by Gasteiger charge is -2.32. The molecule has 0 fully saturated rings. The first kappa shape index (κ1) is 22.1. The monoisotopic (exact) mass is 451 g/mol. The van der Waals surface area contributed by atoms with Gasteiger partial charge in [-0.05, 0) is 23.8 Å². The van der Waals surface area contributed by atoms with Crippen LogP contribution in [0.5, 0.6) is 0 Å². The van der Waals surface area contributed by atoms with Gasteiger partial charge in [-0.1, -0.05) is 19.1 Å². The van der Waals surface area contributed by atoms with Gasteiger partial charge in [0, 0.05) is 31.2 Å². The number of fused-ring (bicyclic) bond motifs is 1. The highest BCUT2D eigenvalue weighted by molar-refractivity contribution is 7.89. The fourth-order valence-corrected chi connectivity index (χ4v) is 4.67. The number of sulfonamides is 1. The molecule has 12 heteroatoms. The molecule has 0 bridgehead atoms. The van der Waals surface area contributed by atoms with Crippen molar-refractivity contribution in [3.8, 4) is 0 Å². The van der Waals surface area contributed by atoms with Crippen molar-refractivity contribution in [1.29, 1.82) is 0 Å². The number of benzene rings is 1. The number of aromatic nitrogens is 2. The third-order valence-corrected chi connectivity index (χ3v) is 6.38. The first-order valence-electron chi connectivity index (χ1n) is 8.54. The second-order valence-electron chi connectivity index (χ2n) is 6.33. The lowest BCUT2D eigenvalue weighted by atomic mass is 10.0. The van der Waals surface area contributed by atoms with Crippen LogP contribution >= 0.6 is 0 Å². The van der Waals surface area contributed by atoms with Crippen LogP contribution in [0.15, 0.2) is 59.9 Å². The number of halogens is 6.